The number of amides is 2. The first kappa shape index (κ1) is 26.1. The van der Waals surface area contributed by atoms with Crippen LogP contribution in [0.5, 0.6) is 0 Å². The number of carbonyl (C=O) groups excluding carboxylic acids is 2. The van der Waals surface area contributed by atoms with Gasteiger partial charge < -0.3 is 14.8 Å². The summed E-state index contributed by atoms with van der Waals surface area (Å²) < 4.78 is 3.20. The average Bonchev–Trinajstić information content (AvgIpc) is 3.52. The van der Waals surface area contributed by atoms with E-state index in [0.29, 0.717) is 30.2 Å². The van der Waals surface area contributed by atoms with Crippen molar-refractivity contribution in [2.75, 3.05) is 6.54 Å². The topological polar surface area (TPSA) is 54.3 Å². The lowest BCUT2D eigenvalue weighted by Gasteiger charge is -2.47. The Morgan fingerprint density at radius 2 is 1.79 bits per heavy atom. The maximum Gasteiger partial charge on any atom is 0.271 e. The van der Waals surface area contributed by atoms with E-state index in [4.69, 9.17) is 11.6 Å². The Bertz CT molecular complexity index is 1490. The van der Waals surface area contributed by atoms with Gasteiger partial charge in [0.25, 0.3) is 11.8 Å². The Morgan fingerprint density at radius 1 is 1.05 bits per heavy atom. The molecule has 0 unspecified atom stereocenters. The number of rotatable bonds is 7. The zero-order valence-corrected chi connectivity index (χ0v) is 23.9. The van der Waals surface area contributed by atoms with E-state index in [1.54, 1.807) is 11.3 Å². The zero-order chi connectivity index (χ0) is 27.0. The maximum atomic E-state index is 14.6. The van der Waals surface area contributed by atoms with Crippen LogP contribution in [-0.2, 0) is 29.7 Å². The van der Waals surface area contributed by atoms with Crippen LogP contribution in [0.3, 0.4) is 0 Å². The van der Waals surface area contributed by atoms with Gasteiger partial charge in [-0.15, -0.1) is 11.3 Å². The van der Waals surface area contributed by atoms with Crippen LogP contribution in [0.15, 0.2) is 66.7 Å². The van der Waals surface area contributed by atoms with Gasteiger partial charge in [-0.3, -0.25) is 9.59 Å². The molecule has 7 heteroatoms. The van der Waals surface area contributed by atoms with Crippen molar-refractivity contribution in [1.82, 2.24) is 14.8 Å². The fourth-order valence-corrected chi connectivity index (χ4v) is 7.43. The lowest BCUT2D eigenvalue weighted by atomic mass is 9.83. The first-order chi connectivity index (χ1) is 19.0. The summed E-state index contributed by atoms with van der Waals surface area (Å²) in [5.74, 6) is -0.178. The first-order valence-corrected chi connectivity index (χ1v) is 15.2. The van der Waals surface area contributed by atoms with Crippen LogP contribution in [0.2, 0.25) is 5.02 Å². The Hall–Kier alpha value is -3.09. The Balaban J connectivity index is 1.48. The summed E-state index contributed by atoms with van der Waals surface area (Å²) in [4.78, 5) is 32.1. The highest BCUT2D eigenvalue weighted by Gasteiger charge is 2.52. The van der Waals surface area contributed by atoms with Gasteiger partial charge in [-0.05, 0) is 61.1 Å². The van der Waals surface area contributed by atoms with Crippen LogP contribution >= 0.6 is 22.9 Å². The number of hydrogen-bond donors (Lipinski definition) is 1. The monoisotopic (exact) mass is 559 g/mol. The van der Waals surface area contributed by atoms with Crippen molar-refractivity contribution in [3.63, 3.8) is 0 Å². The third-order valence-electron chi connectivity index (χ3n) is 8.41. The normalized spacial score (nSPS) is 19.8. The highest BCUT2D eigenvalue weighted by molar-refractivity contribution is 7.19. The summed E-state index contributed by atoms with van der Waals surface area (Å²) in [6, 6.07) is 22.0. The molecule has 1 saturated carbocycles. The summed E-state index contributed by atoms with van der Waals surface area (Å²) in [5, 5.41) is 4.09. The largest absolute Gasteiger partial charge is 0.351 e. The van der Waals surface area contributed by atoms with Crippen molar-refractivity contribution in [3.8, 4) is 0 Å². The minimum atomic E-state index is -1.16. The molecule has 2 aromatic carbocycles. The molecular weight excluding hydrogens is 526 g/mol. The highest BCUT2D eigenvalue weighted by atomic mass is 35.5. The molecule has 0 spiro atoms. The summed E-state index contributed by atoms with van der Waals surface area (Å²) in [5.41, 5.74) is 2.48. The minimum Gasteiger partial charge on any atom is -0.351 e. The predicted molar refractivity (Wildman–Crippen MR) is 159 cm³/mol. The smallest absolute Gasteiger partial charge is 0.271 e. The molecule has 2 aromatic heterocycles. The molecule has 5 nitrogen and oxygen atoms in total. The molecule has 4 aromatic rings. The van der Waals surface area contributed by atoms with Crippen LogP contribution < -0.4 is 5.32 Å². The number of aryl methyl sites for hydroxylation is 1. The van der Waals surface area contributed by atoms with E-state index in [1.165, 1.54) is 11.3 Å². The summed E-state index contributed by atoms with van der Waals surface area (Å²) in [6.45, 7) is 2.96. The molecule has 1 aliphatic heterocycles. The van der Waals surface area contributed by atoms with E-state index in [0.717, 1.165) is 53.4 Å². The van der Waals surface area contributed by atoms with Gasteiger partial charge in [-0.2, -0.15) is 0 Å². The van der Waals surface area contributed by atoms with Crippen molar-refractivity contribution < 1.29 is 9.59 Å². The number of thiophene rings is 1. The molecule has 0 saturated heterocycles. The van der Waals surface area contributed by atoms with Gasteiger partial charge in [0, 0.05) is 22.5 Å². The van der Waals surface area contributed by atoms with Gasteiger partial charge >= 0.3 is 0 Å². The third-order valence-corrected chi connectivity index (χ3v) is 9.87. The first-order valence-electron chi connectivity index (χ1n) is 14.0. The van der Waals surface area contributed by atoms with Crippen molar-refractivity contribution in [1.29, 1.82) is 0 Å². The van der Waals surface area contributed by atoms with Gasteiger partial charge in [-0.25, -0.2) is 0 Å². The van der Waals surface area contributed by atoms with E-state index in [2.05, 4.69) is 22.9 Å². The Labute approximate surface area is 238 Å². The Kier molecular flexibility index (Phi) is 7.25. The van der Waals surface area contributed by atoms with Gasteiger partial charge in [0.15, 0.2) is 5.54 Å². The van der Waals surface area contributed by atoms with E-state index >= 15 is 0 Å². The van der Waals surface area contributed by atoms with Gasteiger partial charge in [0.1, 0.15) is 5.69 Å². The number of benzene rings is 2. The number of halogens is 1. The molecule has 2 amide bonds. The quantitative estimate of drug-likeness (QED) is 0.266. The van der Waals surface area contributed by atoms with Crippen LogP contribution in [0.25, 0.3) is 10.2 Å². The lowest BCUT2D eigenvalue weighted by molar-refractivity contribution is -0.135. The highest BCUT2D eigenvalue weighted by Crippen LogP contribution is 2.41. The molecule has 0 radical (unpaired) electrons. The average molecular weight is 560 g/mol. The number of fused-ring (bicyclic) bond motifs is 3. The van der Waals surface area contributed by atoms with Crippen molar-refractivity contribution >= 4 is 45.0 Å². The number of aromatic nitrogens is 1. The van der Waals surface area contributed by atoms with Gasteiger partial charge in [-0.1, -0.05) is 80.3 Å². The molecule has 0 bridgehead atoms. The van der Waals surface area contributed by atoms with Crippen molar-refractivity contribution in [3.05, 3.63) is 93.5 Å². The minimum absolute atomic E-state index is 0.0801. The van der Waals surface area contributed by atoms with E-state index in [1.807, 2.05) is 65.6 Å². The molecule has 1 atom stereocenters. The molecule has 6 rings (SSSR count). The van der Waals surface area contributed by atoms with Gasteiger partial charge in [0.05, 0.1) is 16.8 Å². The van der Waals surface area contributed by atoms with E-state index < -0.39 is 5.54 Å². The number of carbonyl (C=O) groups is 2. The second-order valence-corrected chi connectivity index (χ2v) is 12.4. The standard InChI is InChI=1S/C32H34ClN3O2S/c1-2-26-19-27-29(39-26)20-28-30(37)36(18-17-22-13-15-24(33)16-14-22)32(21-35(27)28,23-9-5-3-6-10-23)31(38)34-25-11-7-4-8-12-25/h3,5-6,9-10,13-16,19-20,25H,2,4,7-8,11-12,17-18,21H2,1H3,(H,34,38)/t32-/m1/s1. The molecule has 1 fully saturated rings. The predicted octanol–water partition coefficient (Wildman–Crippen LogP) is 6.96. The number of hydrogen-bond acceptors (Lipinski definition) is 3. The van der Waals surface area contributed by atoms with Gasteiger partial charge in [0.2, 0.25) is 0 Å². The van der Waals surface area contributed by atoms with E-state index in [9.17, 15) is 9.59 Å². The van der Waals surface area contributed by atoms with Crippen molar-refractivity contribution in [2.45, 2.75) is 70.0 Å². The summed E-state index contributed by atoms with van der Waals surface area (Å²) in [6.07, 6.45) is 7.01. The molecule has 1 aliphatic carbocycles. The number of nitrogens with one attached hydrogen (secondary N) is 1. The fourth-order valence-electron chi connectivity index (χ4n) is 6.26. The van der Waals surface area contributed by atoms with Crippen LogP contribution in [0.1, 0.15) is 65.5 Å². The second-order valence-electron chi connectivity index (χ2n) is 10.8. The van der Waals surface area contributed by atoms with Crippen LogP contribution in [0.4, 0.5) is 0 Å². The zero-order valence-electron chi connectivity index (χ0n) is 22.3. The summed E-state index contributed by atoms with van der Waals surface area (Å²) in [7, 11) is 0. The fraction of sp³-hybridized carbons (Fsp3) is 0.375. The molecule has 202 valence electrons. The Morgan fingerprint density at radius 3 is 2.51 bits per heavy atom. The molecule has 2 aliphatic rings. The second kappa shape index (κ2) is 10.8. The molecule has 1 N–H and O–H groups in total. The van der Waals surface area contributed by atoms with Crippen molar-refractivity contribution in [2.24, 2.45) is 0 Å². The maximum absolute atomic E-state index is 14.6. The SMILES string of the molecule is CCc1cc2c(cc3n2C[C@](C(=O)NC2CCCCC2)(c2ccccc2)N(CCc2ccc(Cl)cc2)C3=O)s1. The third kappa shape index (κ3) is 4.78. The van der Waals surface area contributed by atoms with Crippen LogP contribution in [0, 0.1) is 0 Å². The molecule has 39 heavy (non-hydrogen) atoms. The molecule has 3 heterocycles. The van der Waals surface area contributed by atoms with E-state index in [-0.39, 0.29) is 17.9 Å². The molecular formula is C32H34ClN3O2S. The van der Waals surface area contributed by atoms with Crippen LogP contribution in [-0.4, -0.2) is 33.9 Å². The lowest BCUT2D eigenvalue weighted by Crippen LogP contribution is -2.64. The number of nitrogens with zero attached hydrogens (tertiary/aromatic N) is 2. The summed E-state index contributed by atoms with van der Waals surface area (Å²) >= 11 is 7.86.